The summed E-state index contributed by atoms with van der Waals surface area (Å²) in [4.78, 5) is 31.8. The number of carboxylic acid groups (broad SMARTS) is 1. The average molecular weight is 825 g/mol. The summed E-state index contributed by atoms with van der Waals surface area (Å²) in [6.45, 7) is 7.95. The maximum absolute atomic E-state index is 11.7. The van der Waals surface area contributed by atoms with Crippen molar-refractivity contribution in [2.75, 3.05) is 0 Å². The Hall–Kier alpha value is -2.96. The number of nitrogens with zero attached hydrogens (tertiary/aromatic N) is 6. The third-order valence-electron chi connectivity index (χ3n) is 8.31. The van der Waals surface area contributed by atoms with Crippen LogP contribution < -0.4 is 5.73 Å². The van der Waals surface area contributed by atoms with Crippen molar-refractivity contribution >= 4 is 57.1 Å². The number of aliphatic hydroxyl groups excluding tert-OH is 2. The molecule has 2 atom stereocenters. The Morgan fingerprint density at radius 2 is 1.23 bits per heavy atom. The molecule has 2 aliphatic rings. The highest BCUT2D eigenvalue weighted by Crippen LogP contribution is 2.38. The number of carboxylic acids is 1. The van der Waals surface area contributed by atoms with Crippen molar-refractivity contribution in [3.63, 3.8) is 0 Å². The molecule has 6 rings (SSSR count). The number of aromatic nitrogens is 6. The van der Waals surface area contributed by atoms with Gasteiger partial charge in [0.15, 0.2) is 23.0 Å². The van der Waals surface area contributed by atoms with Gasteiger partial charge in [0.1, 0.15) is 0 Å². The maximum Gasteiger partial charge on any atom is 0.356 e. The van der Waals surface area contributed by atoms with Crippen molar-refractivity contribution in [2.45, 2.75) is 65.6 Å². The van der Waals surface area contributed by atoms with E-state index in [0.717, 1.165) is 24.1 Å². The van der Waals surface area contributed by atoms with E-state index in [0.29, 0.717) is 42.9 Å². The van der Waals surface area contributed by atoms with Gasteiger partial charge in [0.25, 0.3) is 5.91 Å². The number of primary amides is 1. The molecule has 0 spiro atoms. The predicted octanol–water partition coefficient (Wildman–Crippen LogP) is 3.51. The minimum absolute atomic E-state index is 0.00483. The third kappa shape index (κ3) is 6.25. The second-order valence-electron chi connectivity index (χ2n) is 12.5. The van der Waals surface area contributed by atoms with E-state index < -0.39 is 24.1 Å². The molecule has 0 radical (unpaired) electrons. The molecule has 0 saturated carbocycles. The fourth-order valence-corrected chi connectivity index (χ4v) is 6.45. The summed E-state index contributed by atoms with van der Waals surface area (Å²) >= 11 is 4.39. The standard InChI is InChI=1S/C15H17IN4O2.C15H16IN3O3/c1-15(2)7-10-9(6-11(15)21)13(14(17)22)19-20(10)12-5-8(16)3-4-18-12;1-15(2)7-10-9(6-11(15)20)13(14(21)22)18-19(10)12-5-8(16)3-4-17-12/h3-5,11,21H,6-7H2,1-2H3,(H2,17,22);3-5,11,20H,6-7H2,1-2H3,(H,21,22). The van der Waals surface area contributed by atoms with Crippen LogP contribution in [0.25, 0.3) is 11.6 Å². The van der Waals surface area contributed by atoms with Crippen molar-refractivity contribution < 1.29 is 24.9 Å². The number of rotatable bonds is 4. The minimum Gasteiger partial charge on any atom is -0.476 e. The topological polar surface area (TPSA) is 182 Å². The Kier molecular flexibility index (Phi) is 8.91. The molecule has 0 aliphatic heterocycles. The van der Waals surface area contributed by atoms with Gasteiger partial charge in [0, 0.05) is 43.5 Å². The Balaban J connectivity index is 0.000000175. The number of hydrogen-bond acceptors (Lipinski definition) is 8. The summed E-state index contributed by atoms with van der Waals surface area (Å²) in [6, 6.07) is 7.52. The van der Waals surface area contributed by atoms with Crippen LogP contribution in [0.3, 0.4) is 0 Å². The minimum atomic E-state index is -1.08. The summed E-state index contributed by atoms with van der Waals surface area (Å²) in [7, 11) is 0. The number of carbonyl (C=O) groups excluding carboxylic acids is 1. The Labute approximate surface area is 281 Å². The Bertz CT molecular complexity index is 1640. The first-order chi connectivity index (χ1) is 20.6. The molecule has 0 bridgehead atoms. The van der Waals surface area contributed by atoms with E-state index >= 15 is 0 Å². The van der Waals surface area contributed by atoms with Gasteiger partial charge in [-0.05, 0) is 93.1 Å². The smallest absolute Gasteiger partial charge is 0.356 e. The van der Waals surface area contributed by atoms with Gasteiger partial charge in [-0.2, -0.15) is 10.2 Å². The number of carbonyl (C=O) groups is 2. The van der Waals surface area contributed by atoms with Crippen molar-refractivity contribution in [3.8, 4) is 11.6 Å². The van der Waals surface area contributed by atoms with E-state index in [9.17, 15) is 24.9 Å². The zero-order valence-electron chi connectivity index (χ0n) is 24.6. The maximum atomic E-state index is 11.7. The van der Waals surface area contributed by atoms with Crippen molar-refractivity contribution in [3.05, 3.63) is 77.7 Å². The first kappa shape index (κ1) is 32.4. The Morgan fingerprint density at radius 1 is 0.818 bits per heavy atom. The SMILES string of the molecule is CC1(C)Cc2c(c(C(=O)O)nn2-c2cc(I)ccn2)CC1O.CC1(C)Cc2c(c(C(N)=O)nn2-c2cc(I)ccn2)CC1O. The molecule has 0 saturated heterocycles. The van der Waals surface area contributed by atoms with Gasteiger partial charge in [-0.15, -0.1) is 0 Å². The predicted molar refractivity (Wildman–Crippen MR) is 178 cm³/mol. The molecule has 1 amide bonds. The molecule has 12 nitrogen and oxygen atoms in total. The van der Waals surface area contributed by atoms with Gasteiger partial charge in [-0.3, -0.25) is 4.79 Å². The molecular formula is C30H33I2N7O5. The average Bonchev–Trinajstić information content (AvgIpc) is 3.47. The van der Waals surface area contributed by atoms with Crippen LogP contribution in [0.2, 0.25) is 0 Å². The van der Waals surface area contributed by atoms with E-state index in [-0.39, 0.29) is 22.2 Å². The van der Waals surface area contributed by atoms with Crippen molar-refractivity contribution in [1.29, 1.82) is 0 Å². The lowest BCUT2D eigenvalue weighted by molar-refractivity contribution is 0.0408. The van der Waals surface area contributed by atoms with Gasteiger partial charge in [-0.25, -0.2) is 24.1 Å². The largest absolute Gasteiger partial charge is 0.476 e. The molecule has 2 unspecified atom stereocenters. The first-order valence-corrected chi connectivity index (χ1v) is 16.1. The molecule has 0 fully saturated rings. The number of halogens is 2. The first-order valence-electron chi connectivity index (χ1n) is 13.9. The normalized spacial score (nSPS) is 19.7. The van der Waals surface area contributed by atoms with E-state index in [1.165, 1.54) is 0 Å². The zero-order valence-corrected chi connectivity index (χ0v) is 28.9. The molecule has 14 heteroatoms. The van der Waals surface area contributed by atoms with E-state index in [4.69, 9.17) is 5.73 Å². The second kappa shape index (κ2) is 12.1. The number of aromatic carboxylic acids is 1. The summed E-state index contributed by atoms with van der Waals surface area (Å²) in [6.07, 6.45) is 4.11. The van der Waals surface area contributed by atoms with Crippen molar-refractivity contribution in [2.24, 2.45) is 16.6 Å². The molecule has 5 N–H and O–H groups in total. The Morgan fingerprint density at radius 3 is 1.61 bits per heavy atom. The van der Waals surface area contributed by atoms with Gasteiger partial charge >= 0.3 is 5.97 Å². The quantitative estimate of drug-likeness (QED) is 0.224. The molecule has 232 valence electrons. The van der Waals surface area contributed by atoms with E-state index in [1.807, 2.05) is 52.0 Å². The summed E-state index contributed by atoms with van der Waals surface area (Å²) in [5.74, 6) is -0.397. The van der Waals surface area contributed by atoms with Crippen LogP contribution in [0, 0.1) is 18.0 Å². The van der Waals surface area contributed by atoms with Gasteiger partial charge in [0.05, 0.1) is 23.6 Å². The molecular weight excluding hydrogens is 792 g/mol. The summed E-state index contributed by atoms with van der Waals surface area (Å²) in [5, 5.41) is 38.6. The number of nitrogens with two attached hydrogens (primary N) is 1. The molecule has 4 heterocycles. The van der Waals surface area contributed by atoms with Crippen LogP contribution in [-0.2, 0) is 25.7 Å². The van der Waals surface area contributed by atoms with Gasteiger partial charge in [0.2, 0.25) is 0 Å². The number of hydrogen-bond donors (Lipinski definition) is 4. The highest BCUT2D eigenvalue weighted by Gasteiger charge is 2.40. The molecule has 0 aromatic carbocycles. The number of aliphatic hydroxyl groups is 2. The molecule has 2 aliphatic carbocycles. The van der Waals surface area contributed by atoms with Crippen LogP contribution in [0.5, 0.6) is 0 Å². The molecule has 44 heavy (non-hydrogen) atoms. The second-order valence-corrected chi connectivity index (χ2v) is 15.0. The monoisotopic (exact) mass is 825 g/mol. The summed E-state index contributed by atoms with van der Waals surface area (Å²) in [5.41, 5.74) is 8.14. The van der Waals surface area contributed by atoms with E-state index in [2.05, 4.69) is 65.3 Å². The van der Waals surface area contributed by atoms with Gasteiger partial charge < -0.3 is 21.1 Å². The van der Waals surface area contributed by atoms with Gasteiger partial charge in [-0.1, -0.05) is 27.7 Å². The third-order valence-corrected chi connectivity index (χ3v) is 9.65. The summed E-state index contributed by atoms with van der Waals surface area (Å²) < 4.78 is 5.32. The van der Waals surface area contributed by atoms with Crippen LogP contribution in [-0.4, -0.2) is 68.9 Å². The fraction of sp³-hybridized carbons (Fsp3) is 0.400. The molecule has 4 aromatic rings. The van der Waals surface area contributed by atoms with Crippen LogP contribution in [0.1, 0.15) is 71.2 Å². The van der Waals surface area contributed by atoms with Crippen LogP contribution in [0.15, 0.2) is 36.7 Å². The van der Waals surface area contributed by atoms with Crippen LogP contribution in [0.4, 0.5) is 0 Å². The number of fused-ring (bicyclic) bond motifs is 2. The highest BCUT2D eigenvalue weighted by molar-refractivity contribution is 14.1. The molecule has 4 aromatic heterocycles. The highest BCUT2D eigenvalue weighted by atomic mass is 127. The lowest BCUT2D eigenvalue weighted by atomic mass is 9.74. The van der Waals surface area contributed by atoms with Crippen LogP contribution >= 0.6 is 45.2 Å². The number of amides is 1. The van der Waals surface area contributed by atoms with E-state index in [1.54, 1.807) is 21.8 Å². The lowest BCUT2D eigenvalue weighted by Gasteiger charge is -2.35. The fourth-order valence-electron chi connectivity index (χ4n) is 5.57. The number of pyridine rings is 2. The lowest BCUT2D eigenvalue weighted by Crippen LogP contribution is -2.38. The zero-order chi connectivity index (χ0) is 32.1. The van der Waals surface area contributed by atoms with Crippen molar-refractivity contribution in [1.82, 2.24) is 29.5 Å².